The molecular weight excluding hydrogens is 302 g/mol. The first-order chi connectivity index (χ1) is 11.8. The molecule has 1 N–H and O–H groups in total. The third-order valence-electron chi connectivity index (χ3n) is 4.64. The second-order valence-electron chi connectivity index (χ2n) is 6.07. The number of carbonyl (C=O) groups is 1. The van der Waals surface area contributed by atoms with Crippen molar-refractivity contribution in [3.05, 3.63) is 42.6 Å². The van der Waals surface area contributed by atoms with Crippen LogP contribution in [0.1, 0.15) is 6.42 Å². The minimum Gasteiger partial charge on any atom is -0.353 e. The summed E-state index contributed by atoms with van der Waals surface area (Å²) in [5, 5.41) is 2.72. The predicted octanol–water partition coefficient (Wildman–Crippen LogP) is 2.34. The van der Waals surface area contributed by atoms with Gasteiger partial charge in [-0.05, 0) is 30.7 Å². The summed E-state index contributed by atoms with van der Waals surface area (Å²) < 4.78 is 2.19. The first-order valence-electron chi connectivity index (χ1n) is 8.35. The molecule has 3 aromatic rings. The fraction of sp³-hybridized carbons (Fsp3) is 0.333. The maximum atomic E-state index is 11.9. The second-order valence-corrected chi connectivity index (χ2v) is 6.07. The summed E-state index contributed by atoms with van der Waals surface area (Å²) in [7, 11) is 1.68. The zero-order chi connectivity index (χ0) is 16.5. The van der Waals surface area contributed by atoms with Crippen molar-refractivity contribution in [1.29, 1.82) is 0 Å². The van der Waals surface area contributed by atoms with Crippen LogP contribution in [-0.4, -0.2) is 53.5 Å². The van der Waals surface area contributed by atoms with Crippen molar-refractivity contribution in [3.8, 4) is 0 Å². The third kappa shape index (κ3) is 2.44. The van der Waals surface area contributed by atoms with Gasteiger partial charge in [0.1, 0.15) is 0 Å². The van der Waals surface area contributed by atoms with E-state index in [4.69, 9.17) is 4.98 Å². The molecule has 0 atom stereocenters. The van der Waals surface area contributed by atoms with Gasteiger partial charge in [-0.3, -0.25) is 0 Å². The number of nitrogens with one attached hydrogen (secondary N) is 1. The average Bonchev–Trinajstić information content (AvgIpc) is 2.99. The van der Waals surface area contributed by atoms with Gasteiger partial charge in [0.25, 0.3) is 0 Å². The van der Waals surface area contributed by atoms with Crippen LogP contribution < -0.4 is 10.2 Å². The first-order valence-corrected chi connectivity index (χ1v) is 8.35. The highest BCUT2D eigenvalue weighted by atomic mass is 16.2. The molecule has 0 aliphatic carbocycles. The molecule has 0 bridgehead atoms. The number of aromatic nitrogens is 2. The number of fused-ring (bicyclic) bond motifs is 3. The molecule has 6 nitrogen and oxygen atoms in total. The number of para-hydroxylation sites is 2. The number of benzene rings is 1. The van der Waals surface area contributed by atoms with E-state index in [9.17, 15) is 4.79 Å². The SMILES string of the molecule is CNC(=O)N1CCCN(c2nc3ccccc3n3cccc23)CC1. The Morgan fingerprint density at radius 1 is 1.04 bits per heavy atom. The second kappa shape index (κ2) is 6.03. The van der Waals surface area contributed by atoms with Gasteiger partial charge in [-0.25, -0.2) is 9.78 Å². The number of rotatable bonds is 1. The molecule has 2 amide bonds. The standard InChI is InChI=1S/C18H21N5O/c1-19-18(24)22-10-5-9-21(12-13-22)17-16-8-4-11-23(16)15-7-3-2-6-14(15)20-17/h2-4,6-8,11H,5,9-10,12-13H2,1H3,(H,19,24). The Bertz CT molecular complexity index is 887. The summed E-state index contributed by atoms with van der Waals surface area (Å²) in [5.41, 5.74) is 3.22. The van der Waals surface area contributed by atoms with Crippen molar-refractivity contribution in [2.24, 2.45) is 0 Å². The highest BCUT2D eigenvalue weighted by molar-refractivity contribution is 5.85. The zero-order valence-corrected chi connectivity index (χ0v) is 13.8. The lowest BCUT2D eigenvalue weighted by atomic mass is 10.3. The van der Waals surface area contributed by atoms with E-state index in [0.29, 0.717) is 6.54 Å². The maximum absolute atomic E-state index is 11.9. The summed E-state index contributed by atoms with van der Waals surface area (Å²) in [6.07, 6.45) is 3.02. The van der Waals surface area contributed by atoms with E-state index < -0.39 is 0 Å². The van der Waals surface area contributed by atoms with Gasteiger partial charge in [-0.15, -0.1) is 0 Å². The van der Waals surface area contributed by atoms with Crippen molar-refractivity contribution in [2.75, 3.05) is 38.1 Å². The van der Waals surface area contributed by atoms with Gasteiger partial charge in [0.15, 0.2) is 5.82 Å². The van der Waals surface area contributed by atoms with Crippen LogP contribution in [0.15, 0.2) is 42.6 Å². The Balaban J connectivity index is 1.73. The molecule has 1 saturated heterocycles. The van der Waals surface area contributed by atoms with Crippen LogP contribution in [0.25, 0.3) is 16.6 Å². The molecule has 0 saturated carbocycles. The largest absolute Gasteiger partial charge is 0.353 e. The molecule has 4 rings (SSSR count). The Morgan fingerprint density at radius 3 is 2.75 bits per heavy atom. The van der Waals surface area contributed by atoms with Gasteiger partial charge < -0.3 is 19.5 Å². The monoisotopic (exact) mass is 323 g/mol. The number of anilines is 1. The van der Waals surface area contributed by atoms with Crippen LogP contribution >= 0.6 is 0 Å². The third-order valence-corrected chi connectivity index (χ3v) is 4.64. The topological polar surface area (TPSA) is 52.9 Å². The summed E-state index contributed by atoms with van der Waals surface area (Å²) in [5.74, 6) is 0.998. The van der Waals surface area contributed by atoms with Gasteiger partial charge in [0.05, 0.1) is 16.6 Å². The van der Waals surface area contributed by atoms with Crippen LogP contribution in [0, 0.1) is 0 Å². The molecule has 6 heteroatoms. The molecule has 0 radical (unpaired) electrons. The van der Waals surface area contributed by atoms with E-state index in [1.807, 2.05) is 23.1 Å². The van der Waals surface area contributed by atoms with Crippen molar-refractivity contribution < 1.29 is 4.79 Å². The van der Waals surface area contributed by atoms with Crippen LogP contribution in [0.4, 0.5) is 10.6 Å². The van der Waals surface area contributed by atoms with E-state index in [0.717, 1.165) is 48.4 Å². The zero-order valence-electron chi connectivity index (χ0n) is 13.8. The van der Waals surface area contributed by atoms with Crippen molar-refractivity contribution >= 4 is 28.4 Å². The Kier molecular flexibility index (Phi) is 3.72. The molecule has 1 aromatic carbocycles. The van der Waals surface area contributed by atoms with Crippen LogP contribution in [0.5, 0.6) is 0 Å². The predicted molar refractivity (Wildman–Crippen MR) is 95.6 cm³/mol. The lowest BCUT2D eigenvalue weighted by Gasteiger charge is -2.24. The average molecular weight is 323 g/mol. The number of carbonyl (C=O) groups excluding carboxylic acids is 1. The highest BCUT2D eigenvalue weighted by Gasteiger charge is 2.21. The van der Waals surface area contributed by atoms with Gasteiger partial charge in [0, 0.05) is 39.4 Å². The molecule has 1 aliphatic rings. The van der Waals surface area contributed by atoms with E-state index in [1.165, 1.54) is 0 Å². The number of urea groups is 1. The van der Waals surface area contributed by atoms with Crippen LogP contribution in [0.2, 0.25) is 0 Å². The van der Waals surface area contributed by atoms with Crippen molar-refractivity contribution in [3.63, 3.8) is 0 Å². The minimum absolute atomic E-state index is 0.00356. The fourth-order valence-corrected chi connectivity index (χ4v) is 3.43. The van der Waals surface area contributed by atoms with Crippen LogP contribution in [0.3, 0.4) is 0 Å². The van der Waals surface area contributed by atoms with E-state index in [1.54, 1.807) is 7.05 Å². The number of amides is 2. The maximum Gasteiger partial charge on any atom is 0.317 e. The van der Waals surface area contributed by atoms with Gasteiger partial charge >= 0.3 is 6.03 Å². The summed E-state index contributed by atoms with van der Waals surface area (Å²) in [4.78, 5) is 21.0. The lowest BCUT2D eigenvalue weighted by molar-refractivity contribution is 0.204. The summed E-state index contributed by atoms with van der Waals surface area (Å²) in [6.45, 7) is 3.18. The van der Waals surface area contributed by atoms with E-state index >= 15 is 0 Å². The van der Waals surface area contributed by atoms with Gasteiger partial charge in [0.2, 0.25) is 0 Å². The number of hydrogen-bond donors (Lipinski definition) is 1. The highest BCUT2D eigenvalue weighted by Crippen LogP contribution is 2.26. The van der Waals surface area contributed by atoms with Gasteiger partial charge in [-0.1, -0.05) is 12.1 Å². The molecule has 0 spiro atoms. The lowest BCUT2D eigenvalue weighted by Crippen LogP contribution is -2.40. The van der Waals surface area contributed by atoms with Crippen molar-refractivity contribution in [1.82, 2.24) is 19.6 Å². The number of hydrogen-bond acceptors (Lipinski definition) is 3. The summed E-state index contributed by atoms with van der Waals surface area (Å²) >= 11 is 0. The molecule has 0 unspecified atom stereocenters. The molecule has 24 heavy (non-hydrogen) atoms. The quantitative estimate of drug-likeness (QED) is 0.748. The summed E-state index contributed by atoms with van der Waals surface area (Å²) in [6, 6.07) is 12.4. The fourth-order valence-electron chi connectivity index (χ4n) is 3.43. The number of nitrogens with zero attached hydrogens (tertiary/aromatic N) is 4. The molecule has 2 aromatic heterocycles. The van der Waals surface area contributed by atoms with Crippen LogP contribution in [-0.2, 0) is 0 Å². The van der Waals surface area contributed by atoms with Gasteiger partial charge in [-0.2, -0.15) is 0 Å². The van der Waals surface area contributed by atoms with Crippen molar-refractivity contribution in [2.45, 2.75) is 6.42 Å². The molecule has 1 fully saturated rings. The minimum atomic E-state index is -0.00356. The molecule has 1 aliphatic heterocycles. The first kappa shape index (κ1) is 14.8. The Labute approximate surface area is 140 Å². The Morgan fingerprint density at radius 2 is 1.88 bits per heavy atom. The van der Waals surface area contributed by atoms with E-state index in [2.05, 4.69) is 39.0 Å². The normalized spacial score (nSPS) is 15.7. The molecular formula is C18H21N5O. The molecule has 3 heterocycles. The Hall–Kier alpha value is -2.76. The van der Waals surface area contributed by atoms with E-state index in [-0.39, 0.29) is 6.03 Å². The molecule has 124 valence electrons. The smallest absolute Gasteiger partial charge is 0.317 e.